The van der Waals surface area contributed by atoms with Gasteiger partial charge >= 0.3 is 0 Å². The SMILES string of the molecule is Cc1ccc(-c2nc3ccccc3o2)c(Br)c1. The molecule has 0 aliphatic heterocycles. The topological polar surface area (TPSA) is 26.0 Å². The van der Waals surface area contributed by atoms with Crippen LogP contribution in [0.25, 0.3) is 22.6 Å². The standard InChI is InChI=1S/C14H10BrNO/c1-9-6-7-10(11(15)8-9)14-16-12-4-2-3-5-13(12)17-14/h2-8H,1H3. The molecule has 0 fully saturated rings. The van der Waals surface area contributed by atoms with Crippen molar-refractivity contribution in [3.05, 3.63) is 52.5 Å². The second-order valence-electron chi connectivity index (χ2n) is 3.97. The highest BCUT2D eigenvalue weighted by Gasteiger charge is 2.10. The van der Waals surface area contributed by atoms with Crippen LogP contribution >= 0.6 is 15.9 Å². The Hall–Kier alpha value is -1.61. The van der Waals surface area contributed by atoms with Crippen LogP contribution < -0.4 is 0 Å². The Labute approximate surface area is 107 Å². The first-order valence-corrected chi connectivity index (χ1v) is 6.15. The molecule has 3 heteroatoms. The number of nitrogens with zero attached hydrogens (tertiary/aromatic N) is 1. The highest BCUT2D eigenvalue weighted by atomic mass is 79.9. The Morgan fingerprint density at radius 1 is 1.12 bits per heavy atom. The lowest BCUT2D eigenvalue weighted by molar-refractivity contribution is 0.619. The lowest BCUT2D eigenvalue weighted by Gasteiger charge is -2.00. The predicted octanol–water partition coefficient (Wildman–Crippen LogP) is 4.57. The number of hydrogen-bond donors (Lipinski definition) is 0. The van der Waals surface area contributed by atoms with Crippen molar-refractivity contribution in [3.8, 4) is 11.5 Å². The van der Waals surface area contributed by atoms with E-state index in [-0.39, 0.29) is 0 Å². The lowest BCUT2D eigenvalue weighted by atomic mass is 10.1. The summed E-state index contributed by atoms with van der Waals surface area (Å²) in [5.74, 6) is 0.651. The van der Waals surface area contributed by atoms with Crippen molar-refractivity contribution in [2.45, 2.75) is 6.92 Å². The van der Waals surface area contributed by atoms with Gasteiger partial charge in [0.15, 0.2) is 5.58 Å². The Morgan fingerprint density at radius 2 is 1.94 bits per heavy atom. The highest BCUT2D eigenvalue weighted by molar-refractivity contribution is 9.10. The maximum absolute atomic E-state index is 5.73. The molecule has 0 saturated carbocycles. The number of rotatable bonds is 1. The number of fused-ring (bicyclic) bond motifs is 1. The van der Waals surface area contributed by atoms with Gasteiger partial charge in [0.1, 0.15) is 5.52 Å². The van der Waals surface area contributed by atoms with Crippen molar-refractivity contribution in [1.82, 2.24) is 4.98 Å². The molecule has 3 aromatic rings. The second kappa shape index (κ2) is 4.00. The summed E-state index contributed by atoms with van der Waals surface area (Å²) < 4.78 is 6.74. The summed E-state index contributed by atoms with van der Waals surface area (Å²) in [6.45, 7) is 2.06. The molecule has 17 heavy (non-hydrogen) atoms. The molecule has 0 radical (unpaired) electrons. The third-order valence-corrected chi connectivity index (χ3v) is 3.30. The fourth-order valence-corrected chi connectivity index (χ4v) is 2.44. The highest BCUT2D eigenvalue weighted by Crippen LogP contribution is 2.30. The van der Waals surface area contributed by atoms with Crippen LogP contribution in [-0.2, 0) is 0 Å². The third-order valence-electron chi connectivity index (χ3n) is 2.65. The molecule has 0 N–H and O–H groups in total. The molecular formula is C14H10BrNO. The van der Waals surface area contributed by atoms with Gasteiger partial charge in [0.25, 0.3) is 0 Å². The molecule has 0 atom stereocenters. The molecule has 0 aliphatic rings. The minimum Gasteiger partial charge on any atom is -0.436 e. The van der Waals surface area contributed by atoms with Crippen molar-refractivity contribution in [1.29, 1.82) is 0 Å². The van der Waals surface area contributed by atoms with E-state index in [4.69, 9.17) is 4.42 Å². The quantitative estimate of drug-likeness (QED) is 0.655. The molecule has 1 heterocycles. The zero-order valence-corrected chi connectivity index (χ0v) is 10.9. The van der Waals surface area contributed by atoms with Crippen LogP contribution in [0.1, 0.15) is 5.56 Å². The Balaban J connectivity index is 2.20. The Morgan fingerprint density at radius 3 is 2.71 bits per heavy atom. The van der Waals surface area contributed by atoms with Crippen molar-refractivity contribution in [3.63, 3.8) is 0 Å². The van der Waals surface area contributed by atoms with Crippen molar-refractivity contribution in [2.75, 3.05) is 0 Å². The van der Waals surface area contributed by atoms with Crippen LogP contribution in [0.15, 0.2) is 51.4 Å². The summed E-state index contributed by atoms with van der Waals surface area (Å²) in [5, 5.41) is 0. The fourth-order valence-electron chi connectivity index (χ4n) is 1.78. The van der Waals surface area contributed by atoms with Crippen LogP contribution in [0, 0.1) is 6.92 Å². The van der Waals surface area contributed by atoms with Gasteiger partial charge in [-0.2, -0.15) is 0 Å². The van der Waals surface area contributed by atoms with Gasteiger partial charge < -0.3 is 4.42 Å². The lowest BCUT2D eigenvalue weighted by Crippen LogP contribution is -1.81. The fraction of sp³-hybridized carbons (Fsp3) is 0.0714. The minimum atomic E-state index is 0.651. The molecule has 0 spiro atoms. The first-order chi connectivity index (χ1) is 8.24. The first-order valence-electron chi connectivity index (χ1n) is 5.36. The van der Waals surface area contributed by atoms with E-state index in [9.17, 15) is 0 Å². The monoisotopic (exact) mass is 287 g/mol. The second-order valence-corrected chi connectivity index (χ2v) is 4.82. The van der Waals surface area contributed by atoms with E-state index >= 15 is 0 Å². The molecule has 0 aliphatic carbocycles. The Kier molecular flexibility index (Phi) is 2.48. The molecule has 1 aromatic heterocycles. The van der Waals surface area contributed by atoms with Crippen LogP contribution in [0.5, 0.6) is 0 Å². The van der Waals surface area contributed by atoms with Gasteiger partial charge in [-0.15, -0.1) is 0 Å². The van der Waals surface area contributed by atoms with Crippen molar-refractivity contribution < 1.29 is 4.42 Å². The average Bonchev–Trinajstić information content (AvgIpc) is 2.72. The zero-order valence-electron chi connectivity index (χ0n) is 9.27. The van der Waals surface area contributed by atoms with Crippen molar-refractivity contribution >= 4 is 27.0 Å². The number of hydrogen-bond acceptors (Lipinski definition) is 2. The number of halogens is 1. The number of benzene rings is 2. The summed E-state index contributed by atoms with van der Waals surface area (Å²) in [6.07, 6.45) is 0. The zero-order chi connectivity index (χ0) is 11.8. The predicted molar refractivity (Wildman–Crippen MR) is 71.9 cm³/mol. The van der Waals surface area contributed by atoms with Gasteiger partial charge in [0.05, 0.1) is 5.56 Å². The van der Waals surface area contributed by atoms with E-state index in [0.717, 1.165) is 21.1 Å². The maximum atomic E-state index is 5.73. The van der Waals surface area contributed by atoms with Gasteiger partial charge in [0, 0.05) is 4.47 Å². The molecular weight excluding hydrogens is 278 g/mol. The summed E-state index contributed by atoms with van der Waals surface area (Å²) in [7, 11) is 0. The summed E-state index contributed by atoms with van der Waals surface area (Å²) in [4.78, 5) is 4.48. The number of oxazole rings is 1. The van der Waals surface area contributed by atoms with E-state index in [1.54, 1.807) is 0 Å². The van der Waals surface area contributed by atoms with E-state index in [0.29, 0.717) is 5.89 Å². The van der Waals surface area contributed by atoms with E-state index in [2.05, 4.69) is 40.0 Å². The molecule has 0 amide bonds. The van der Waals surface area contributed by atoms with Crippen LogP contribution in [-0.4, -0.2) is 4.98 Å². The average molecular weight is 288 g/mol. The van der Waals surface area contributed by atoms with Crippen LogP contribution in [0.4, 0.5) is 0 Å². The molecule has 3 rings (SSSR count). The van der Waals surface area contributed by atoms with E-state index in [1.165, 1.54) is 5.56 Å². The van der Waals surface area contributed by atoms with E-state index in [1.807, 2.05) is 30.3 Å². The van der Waals surface area contributed by atoms with Gasteiger partial charge in [-0.3, -0.25) is 0 Å². The Bertz CT molecular complexity index is 655. The first kappa shape index (κ1) is 10.5. The van der Waals surface area contributed by atoms with E-state index < -0.39 is 0 Å². The third kappa shape index (κ3) is 1.87. The summed E-state index contributed by atoms with van der Waals surface area (Å²) in [5.41, 5.74) is 3.88. The summed E-state index contributed by atoms with van der Waals surface area (Å²) >= 11 is 3.54. The largest absolute Gasteiger partial charge is 0.436 e. The van der Waals surface area contributed by atoms with Gasteiger partial charge in [-0.25, -0.2) is 4.98 Å². The van der Waals surface area contributed by atoms with Crippen LogP contribution in [0.2, 0.25) is 0 Å². The van der Waals surface area contributed by atoms with Crippen molar-refractivity contribution in [2.24, 2.45) is 0 Å². The minimum absolute atomic E-state index is 0.651. The number of aromatic nitrogens is 1. The molecule has 0 saturated heterocycles. The number of aryl methyl sites for hydroxylation is 1. The molecule has 0 unspecified atom stereocenters. The van der Waals surface area contributed by atoms with Crippen LogP contribution in [0.3, 0.4) is 0 Å². The van der Waals surface area contributed by atoms with Gasteiger partial charge in [0.2, 0.25) is 5.89 Å². The molecule has 2 aromatic carbocycles. The van der Waals surface area contributed by atoms with Gasteiger partial charge in [-0.1, -0.05) is 18.2 Å². The maximum Gasteiger partial charge on any atom is 0.228 e. The molecule has 84 valence electrons. The molecule has 0 bridgehead atoms. The smallest absolute Gasteiger partial charge is 0.228 e. The summed E-state index contributed by atoms with van der Waals surface area (Å²) in [6, 6.07) is 13.9. The van der Waals surface area contributed by atoms with Gasteiger partial charge in [-0.05, 0) is 52.7 Å². The molecule has 2 nitrogen and oxygen atoms in total. The number of para-hydroxylation sites is 2. The normalized spacial score (nSPS) is 10.9.